The zero-order valence-corrected chi connectivity index (χ0v) is 21.2. The van der Waals surface area contributed by atoms with Gasteiger partial charge in [0.25, 0.3) is 0 Å². The summed E-state index contributed by atoms with van der Waals surface area (Å²) in [4.78, 5) is 30.2. The minimum atomic E-state index is -0.253. The lowest BCUT2D eigenvalue weighted by Gasteiger charge is -2.16. The van der Waals surface area contributed by atoms with Crippen molar-refractivity contribution in [3.05, 3.63) is 36.9 Å². The maximum atomic E-state index is 13.1. The van der Waals surface area contributed by atoms with E-state index >= 15 is 0 Å². The highest BCUT2D eigenvalue weighted by molar-refractivity contribution is 7.17. The molecular formula is C26H34N2O3S2. The molecule has 0 atom stereocenters. The number of fused-ring (bicyclic) bond motifs is 2. The van der Waals surface area contributed by atoms with Gasteiger partial charge >= 0.3 is 12.0 Å². The third-order valence-electron chi connectivity index (χ3n) is 7.29. The Kier molecular flexibility index (Phi) is 7.07. The fourth-order valence-electron chi connectivity index (χ4n) is 5.58. The van der Waals surface area contributed by atoms with Gasteiger partial charge in [-0.1, -0.05) is 6.92 Å². The van der Waals surface area contributed by atoms with Gasteiger partial charge < -0.3 is 10.1 Å². The van der Waals surface area contributed by atoms with Gasteiger partial charge in [0.15, 0.2) is 0 Å². The van der Waals surface area contributed by atoms with Gasteiger partial charge in [0.1, 0.15) is 11.1 Å². The van der Waals surface area contributed by atoms with Crippen LogP contribution in [0.2, 0.25) is 0 Å². The number of nitrogens with one attached hydrogen (secondary N) is 2. The summed E-state index contributed by atoms with van der Waals surface area (Å²) in [5.41, 5.74) is 4.50. The Hall–Kier alpha value is -1.86. The molecule has 2 amide bonds. The summed E-state index contributed by atoms with van der Waals surface area (Å²) in [7, 11) is 0. The van der Waals surface area contributed by atoms with E-state index < -0.39 is 0 Å². The van der Waals surface area contributed by atoms with E-state index in [1.54, 1.807) is 11.3 Å². The first-order valence-electron chi connectivity index (χ1n) is 12.7. The molecule has 2 aromatic heterocycles. The monoisotopic (exact) mass is 486 g/mol. The van der Waals surface area contributed by atoms with Crippen LogP contribution in [0, 0.1) is 0 Å². The van der Waals surface area contributed by atoms with Crippen LogP contribution in [-0.2, 0) is 43.4 Å². The minimum Gasteiger partial charge on any atom is -0.459 e. The number of rotatable bonds is 6. The molecular weight excluding hydrogens is 452 g/mol. The molecule has 0 aromatic carbocycles. The van der Waals surface area contributed by atoms with Crippen molar-refractivity contribution >= 4 is 39.7 Å². The Bertz CT molecular complexity index is 1030. The smallest absolute Gasteiger partial charge is 0.341 e. The Labute approximate surface area is 204 Å². The normalized spacial score (nSPS) is 18.0. The number of carbonyl (C=O) groups is 2. The first-order valence-corrected chi connectivity index (χ1v) is 14.3. The van der Waals surface area contributed by atoms with Gasteiger partial charge in [0, 0.05) is 21.2 Å². The molecule has 7 heteroatoms. The lowest BCUT2D eigenvalue weighted by atomic mass is 9.94. The van der Waals surface area contributed by atoms with Gasteiger partial charge in [-0.25, -0.2) is 9.59 Å². The molecule has 0 bridgehead atoms. The topological polar surface area (TPSA) is 67.4 Å². The number of hydrogen-bond donors (Lipinski definition) is 2. The van der Waals surface area contributed by atoms with Crippen LogP contribution in [0.5, 0.6) is 0 Å². The van der Waals surface area contributed by atoms with Gasteiger partial charge in [-0.2, -0.15) is 0 Å². The van der Waals surface area contributed by atoms with Crippen LogP contribution in [-0.4, -0.2) is 18.1 Å². The highest BCUT2D eigenvalue weighted by Crippen LogP contribution is 2.39. The lowest BCUT2D eigenvalue weighted by Crippen LogP contribution is -2.29. The second-order valence-electron chi connectivity index (χ2n) is 9.50. The molecule has 3 aliphatic carbocycles. The van der Waals surface area contributed by atoms with Crippen LogP contribution in [0.3, 0.4) is 0 Å². The van der Waals surface area contributed by atoms with Crippen LogP contribution >= 0.6 is 22.7 Å². The second kappa shape index (κ2) is 10.2. The predicted molar refractivity (Wildman–Crippen MR) is 135 cm³/mol. The third-order valence-corrected chi connectivity index (χ3v) is 9.98. The molecule has 1 saturated carbocycles. The quantitative estimate of drug-likeness (QED) is 0.455. The summed E-state index contributed by atoms with van der Waals surface area (Å²) in [5, 5.41) is 6.77. The van der Waals surface area contributed by atoms with E-state index in [0.29, 0.717) is 17.1 Å². The predicted octanol–water partition coefficient (Wildman–Crippen LogP) is 6.55. The van der Waals surface area contributed by atoms with Crippen molar-refractivity contribution in [1.29, 1.82) is 0 Å². The molecule has 178 valence electrons. The Morgan fingerprint density at radius 2 is 1.58 bits per heavy atom. The van der Waals surface area contributed by atoms with Crippen molar-refractivity contribution in [2.24, 2.45) is 0 Å². The zero-order valence-electron chi connectivity index (χ0n) is 19.5. The van der Waals surface area contributed by atoms with Crippen molar-refractivity contribution in [2.75, 3.05) is 5.32 Å². The molecule has 0 unspecified atom stereocenters. The molecule has 0 aliphatic heterocycles. The van der Waals surface area contributed by atoms with Crippen molar-refractivity contribution in [2.45, 2.75) is 103 Å². The van der Waals surface area contributed by atoms with E-state index in [-0.39, 0.29) is 18.1 Å². The van der Waals surface area contributed by atoms with Gasteiger partial charge in [-0.05, 0) is 100 Å². The molecule has 3 aliphatic rings. The number of amides is 2. The van der Waals surface area contributed by atoms with E-state index in [4.69, 9.17) is 4.74 Å². The van der Waals surface area contributed by atoms with Crippen molar-refractivity contribution in [3.8, 4) is 0 Å². The summed E-state index contributed by atoms with van der Waals surface area (Å²) in [6.07, 6.45) is 14.1. The first kappa shape index (κ1) is 22.9. The third kappa shape index (κ3) is 4.85. The van der Waals surface area contributed by atoms with Gasteiger partial charge in [-0.15, -0.1) is 22.7 Å². The van der Waals surface area contributed by atoms with Gasteiger partial charge in [-0.3, -0.25) is 5.32 Å². The molecule has 0 radical (unpaired) electrons. The number of thiophene rings is 2. The molecule has 2 N–H and O–H groups in total. The number of urea groups is 1. The molecule has 2 aromatic rings. The van der Waals surface area contributed by atoms with Crippen molar-refractivity contribution in [3.63, 3.8) is 0 Å². The van der Waals surface area contributed by atoms with E-state index in [0.717, 1.165) is 69.8 Å². The van der Waals surface area contributed by atoms with Crippen LogP contribution in [0.15, 0.2) is 0 Å². The summed E-state index contributed by atoms with van der Waals surface area (Å²) in [6.45, 7) is 2.74. The minimum absolute atomic E-state index is 0.0237. The summed E-state index contributed by atoms with van der Waals surface area (Å²) in [6, 6.07) is -0.235. The van der Waals surface area contributed by atoms with Gasteiger partial charge in [0.05, 0.1) is 5.56 Å². The number of aryl methyl sites for hydroxylation is 3. The average Bonchev–Trinajstić information content (AvgIpc) is 3.54. The second-order valence-corrected chi connectivity index (χ2v) is 11.8. The van der Waals surface area contributed by atoms with Crippen molar-refractivity contribution in [1.82, 2.24) is 5.32 Å². The molecule has 5 nitrogen and oxygen atoms in total. The van der Waals surface area contributed by atoms with E-state index in [2.05, 4.69) is 17.6 Å². The largest absolute Gasteiger partial charge is 0.459 e. The molecule has 1 fully saturated rings. The van der Waals surface area contributed by atoms with Crippen LogP contribution in [0.4, 0.5) is 9.80 Å². The van der Waals surface area contributed by atoms with Crippen LogP contribution < -0.4 is 10.6 Å². The fraction of sp³-hybridized carbons (Fsp3) is 0.615. The Morgan fingerprint density at radius 3 is 2.30 bits per heavy atom. The summed E-state index contributed by atoms with van der Waals surface area (Å²) < 4.78 is 5.85. The average molecular weight is 487 g/mol. The fourth-order valence-corrected chi connectivity index (χ4v) is 8.21. The maximum absolute atomic E-state index is 13.1. The zero-order chi connectivity index (χ0) is 22.8. The van der Waals surface area contributed by atoms with Gasteiger partial charge in [0.2, 0.25) is 0 Å². The number of carbonyl (C=O) groups excluding carboxylic acids is 2. The maximum Gasteiger partial charge on any atom is 0.341 e. The summed E-state index contributed by atoms with van der Waals surface area (Å²) >= 11 is 3.49. The molecule has 0 saturated heterocycles. The number of hydrogen-bond acceptors (Lipinski definition) is 5. The van der Waals surface area contributed by atoms with Crippen molar-refractivity contribution < 1.29 is 14.3 Å². The standard InChI is InChI=1S/C26H34N2O3S2/c1-2-20-19(17-11-5-7-13-21(17)32-20)15-27-26(30)28-24-23(18-12-6-8-14-22(18)33-24)25(29)31-16-9-3-4-10-16/h16H,2-15H2,1H3,(H2,27,28,30). The lowest BCUT2D eigenvalue weighted by molar-refractivity contribution is 0.0318. The number of anilines is 1. The van der Waals surface area contributed by atoms with E-state index in [1.165, 1.54) is 45.0 Å². The first-order chi connectivity index (χ1) is 16.1. The summed E-state index contributed by atoms with van der Waals surface area (Å²) in [5.74, 6) is -0.253. The molecule has 2 heterocycles. The van der Waals surface area contributed by atoms with Crippen LogP contribution in [0.25, 0.3) is 0 Å². The SMILES string of the molecule is CCc1sc2c(c1CNC(=O)Nc1sc3c(c1C(=O)OC1CCCC1)CCCC3)CCCC2. The Morgan fingerprint density at radius 1 is 0.909 bits per heavy atom. The highest BCUT2D eigenvalue weighted by Gasteiger charge is 2.30. The van der Waals surface area contributed by atoms with E-state index in [1.807, 2.05) is 11.3 Å². The van der Waals surface area contributed by atoms with Crippen LogP contribution in [0.1, 0.15) is 100.0 Å². The number of esters is 1. The molecule has 0 spiro atoms. The molecule has 33 heavy (non-hydrogen) atoms. The van der Waals surface area contributed by atoms with E-state index in [9.17, 15) is 9.59 Å². The number of ether oxygens (including phenoxy) is 1. The highest BCUT2D eigenvalue weighted by atomic mass is 32.1. The molecule has 5 rings (SSSR count). The Balaban J connectivity index is 1.31.